The van der Waals surface area contributed by atoms with Crippen molar-refractivity contribution in [2.24, 2.45) is 5.14 Å². The summed E-state index contributed by atoms with van der Waals surface area (Å²) >= 11 is 0. The summed E-state index contributed by atoms with van der Waals surface area (Å²) in [5.41, 5.74) is 1.65. The number of nitrogens with one attached hydrogen (secondary N) is 1. The van der Waals surface area contributed by atoms with E-state index in [4.69, 9.17) is 5.14 Å². The Morgan fingerprint density at radius 1 is 1.12 bits per heavy atom. The molecule has 0 heterocycles. The van der Waals surface area contributed by atoms with Crippen molar-refractivity contribution in [1.82, 2.24) is 0 Å². The van der Waals surface area contributed by atoms with Crippen LogP contribution in [0.1, 0.15) is 22.3 Å². The highest BCUT2D eigenvalue weighted by Crippen LogP contribution is 2.14. The maximum absolute atomic E-state index is 12.0. The van der Waals surface area contributed by atoms with Crippen LogP contribution in [0.5, 0.6) is 0 Å². The van der Waals surface area contributed by atoms with Gasteiger partial charge in [0.2, 0.25) is 15.9 Å². The average molecular weight is 362 g/mol. The van der Waals surface area contributed by atoms with Gasteiger partial charge in [-0.25, -0.2) is 18.4 Å². The normalized spacial score (nSPS) is 11.0. The van der Waals surface area contributed by atoms with E-state index in [0.717, 1.165) is 5.56 Å². The second-order valence-corrected chi connectivity index (χ2v) is 6.87. The van der Waals surface area contributed by atoms with Crippen LogP contribution in [0.25, 0.3) is 0 Å². The largest absolute Gasteiger partial charge is 0.465 e. The lowest BCUT2D eigenvalue weighted by Gasteiger charge is -2.07. The number of primary sulfonamides is 1. The Balaban J connectivity index is 1.94. The minimum absolute atomic E-state index is 0.0281. The fourth-order valence-corrected chi connectivity index (χ4v) is 2.68. The van der Waals surface area contributed by atoms with E-state index in [9.17, 15) is 18.0 Å². The molecule has 0 aliphatic heterocycles. The molecule has 8 heteroatoms. The zero-order valence-corrected chi connectivity index (χ0v) is 14.4. The van der Waals surface area contributed by atoms with Crippen molar-refractivity contribution in [2.45, 2.75) is 17.7 Å². The van der Waals surface area contributed by atoms with Crippen LogP contribution in [-0.2, 0) is 26.0 Å². The van der Waals surface area contributed by atoms with E-state index in [2.05, 4.69) is 10.1 Å². The molecule has 0 fully saturated rings. The van der Waals surface area contributed by atoms with Crippen LogP contribution in [0.4, 0.5) is 5.69 Å². The number of rotatable bonds is 6. The predicted octanol–water partition coefficient (Wildman–Crippen LogP) is 1.69. The average Bonchev–Trinajstić information content (AvgIpc) is 2.59. The minimum Gasteiger partial charge on any atom is -0.465 e. The molecule has 0 aliphatic rings. The second kappa shape index (κ2) is 7.91. The number of hydrogen-bond acceptors (Lipinski definition) is 5. The number of methoxy groups -OCH3 is 1. The number of anilines is 1. The molecule has 0 aromatic heterocycles. The van der Waals surface area contributed by atoms with Crippen LogP contribution < -0.4 is 10.5 Å². The smallest absolute Gasteiger partial charge is 0.337 e. The van der Waals surface area contributed by atoms with Gasteiger partial charge in [-0.15, -0.1) is 0 Å². The lowest BCUT2D eigenvalue weighted by atomic mass is 10.1. The van der Waals surface area contributed by atoms with E-state index in [1.807, 2.05) is 0 Å². The maximum atomic E-state index is 12.0. The van der Waals surface area contributed by atoms with Crippen LogP contribution in [0, 0.1) is 0 Å². The number of carbonyl (C=O) groups excluding carboxylic acids is 2. The van der Waals surface area contributed by atoms with Crippen molar-refractivity contribution in [3.8, 4) is 0 Å². The first-order valence-electron chi connectivity index (χ1n) is 7.39. The van der Waals surface area contributed by atoms with Gasteiger partial charge in [-0.2, -0.15) is 0 Å². The van der Waals surface area contributed by atoms with Gasteiger partial charge in [0.25, 0.3) is 0 Å². The first-order chi connectivity index (χ1) is 11.8. The molecule has 1 amide bonds. The lowest BCUT2D eigenvalue weighted by Crippen LogP contribution is -2.13. The molecule has 0 saturated heterocycles. The molecule has 2 aromatic rings. The molecule has 25 heavy (non-hydrogen) atoms. The Labute approximate surface area is 145 Å². The maximum Gasteiger partial charge on any atom is 0.337 e. The van der Waals surface area contributed by atoms with Gasteiger partial charge in [0.15, 0.2) is 0 Å². The zero-order chi connectivity index (χ0) is 18.4. The Morgan fingerprint density at radius 2 is 1.80 bits per heavy atom. The number of aryl methyl sites for hydroxylation is 1. The third-order valence-corrected chi connectivity index (χ3v) is 4.39. The van der Waals surface area contributed by atoms with Crippen molar-refractivity contribution >= 4 is 27.6 Å². The number of esters is 1. The van der Waals surface area contributed by atoms with Crippen LogP contribution >= 0.6 is 0 Å². The van der Waals surface area contributed by atoms with Crippen LogP contribution in [0.2, 0.25) is 0 Å². The van der Waals surface area contributed by atoms with Gasteiger partial charge in [-0.1, -0.05) is 18.2 Å². The van der Waals surface area contributed by atoms with Crippen LogP contribution in [0.3, 0.4) is 0 Å². The molecule has 7 nitrogen and oxygen atoms in total. The first kappa shape index (κ1) is 18.6. The van der Waals surface area contributed by atoms with Crippen molar-refractivity contribution < 1.29 is 22.7 Å². The first-order valence-corrected chi connectivity index (χ1v) is 8.94. The van der Waals surface area contributed by atoms with E-state index in [-0.39, 0.29) is 17.2 Å². The zero-order valence-electron chi connectivity index (χ0n) is 13.6. The third-order valence-electron chi connectivity index (χ3n) is 3.46. The summed E-state index contributed by atoms with van der Waals surface area (Å²) in [6, 6.07) is 12.5. The van der Waals surface area contributed by atoms with Gasteiger partial charge in [0.05, 0.1) is 17.6 Å². The Hall–Kier alpha value is -2.71. The summed E-state index contributed by atoms with van der Waals surface area (Å²) in [4.78, 5) is 23.5. The number of carbonyl (C=O) groups is 2. The fourth-order valence-electron chi connectivity index (χ4n) is 2.17. The van der Waals surface area contributed by atoms with E-state index < -0.39 is 16.0 Å². The van der Waals surface area contributed by atoms with Gasteiger partial charge in [0, 0.05) is 12.1 Å². The molecule has 0 unspecified atom stereocenters. The molecule has 2 rings (SSSR count). The molecule has 2 aromatic carbocycles. The van der Waals surface area contributed by atoms with Gasteiger partial charge >= 0.3 is 5.97 Å². The summed E-state index contributed by atoms with van der Waals surface area (Å²) in [5.74, 6) is -0.705. The summed E-state index contributed by atoms with van der Waals surface area (Å²) < 4.78 is 27.0. The number of nitrogens with two attached hydrogens (primary N) is 1. The van der Waals surface area contributed by atoms with E-state index >= 15 is 0 Å². The quantitative estimate of drug-likeness (QED) is 0.759. The fraction of sp³-hybridized carbons (Fsp3) is 0.176. The summed E-state index contributed by atoms with van der Waals surface area (Å²) in [7, 11) is -2.44. The molecule has 0 atom stereocenters. The number of ether oxygens (including phenoxy) is 1. The Kier molecular flexibility index (Phi) is 5.89. The van der Waals surface area contributed by atoms with Crippen molar-refractivity contribution in [3.63, 3.8) is 0 Å². The highest BCUT2D eigenvalue weighted by Gasteiger charge is 2.09. The van der Waals surface area contributed by atoms with Crippen molar-refractivity contribution in [3.05, 3.63) is 59.7 Å². The van der Waals surface area contributed by atoms with Crippen LogP contribution in [0.15, 0.2) is 53.4 Å². The highest BCUT2D eigenvalue weighted by molar-refractivity contribution is 7.89. The molecule has 0 spiro atoms. The molecule has 0 radical (unpaired) electrons. The SMILES string of the molecule is COC(=O)c1cccc(NC(=O)CCc2ccc(S(N)(=O)=O)cc2)c1. The summed E-state index contributed by atoms with van der Waals surface area (Å²) in [6.07, 6.45) is 0.643. The van der Waals surface area contributed by atoms with Gasteiger partial charge < -0.3 is 10.1 Å². The molecular formula is C17H18N2O5S. The van der Waals surface area contributed by atoms with E-state index in [1.54, 1.807) is 30.3 Å². The summed E-state index contributed by atoms with van der Waals surface area (Å²) in [6.45, 7) is 0. The number of amides is 1. The highest BCUT2D eigenvalue weighted by atomic mass is 32.2. The molecule has 0 bridgehead atoms. The Morgan fingerprint density at radius 3 is 2.40 bits per heavy atom. The number of hydrogen-bond donors (Lipinski definition) is 2. The molecule has 3 N–H and O–H groups in total. The van der Waals surface area contributed by atoms with Gasteiger partial charge in [-0.05, 0) is 42.3 Å². The van der Waals surface area contributed by atoms with Crippen LogP contribution in [-0.4, -0.2) is 27.4 Å². The number of sulfonamides is 1. The predicted molar refractivity (Wildman–Crippen MR) is 92.5 cm³/mol. The van der Waals surface area contributed by atoms with Crippen molar-refractivity contribution in [2.75, 3.05) is 12.4 Å². The number of benzene rings is 2. The third kappa shape index (κ3) is 5.40. The molecular weight excluding hydrogens is 344 g/mol. The topological polar surface area (TPSA) is 116 Å². The molecule has 0 saturated carbocycles. The lowest BCUT2D eigenvalue weighted by molar-refractivity contribution is -0.116. The standard InChI is InChI=1S/C17H18N2O5S/c1-24-17(21)13-3-2-4-14(11-13)19-16(20)10-7-12-5-8-15(9-6-12)25(18,22)23/h2-6,8-9,11H,7,10H2,1H3,(H,19,20)(H2,18,22,23). The van der Waals surface area contributed by atoms with Gasteiger partial charge in [0.1, 0.15) is 0 Å². The van der Waals surface area contributed by atoms with Crippen molar-refractivity contribution in [1.29, 1.82) is 0 Å². The Bertz CT molecular complexity index is 876. The minimum atomic E-state index is -3.72. The summed E-state index contributed by atoms with van der Waals surface area (Å²) in [5, 5.41) is 7.74. The monoisotopic (exact) mass is 362 g/mol. The molecule has 0 aliphatic carbocycles. The second-order valence-electron chi connectivity index (χ2n) is 5.31. The van der Waals surface area contributed by atoms with E-state index in [0.29, 0.717) is 17.7 Å². The van der Waals surface area contributed by atoms with E-state index in [1.165, 1.54) is 25.3 Å². The molecule has 132 valence electrons. The van der Waals surface area contributed by atoms with Gasteiger partial charge in [-0.3, -0.25) is 4.79 Å².